The quantitative estimate of drug-likeness (QED) is 0.492. The van der Waals surface area contributed by atoms with Gasteiger partial charge in [0.2, 0.25) is 5.91 Å². The van der Waals surface area contributed by atoms with E-state index in [1.165, 1.54) is 32.1 Å². The van der Waals surface area contributed by atoms with Crippen LogP contribution in [0.3, 0.4) is 0 Å². The van der Waals surface area contributed by atoms with Crippen molar-refractivity contribution in [1.82, 2.24) is 5.32 Å². The van der Waals surface area contributed by atoms with Crippen LogP contribution in [0.5, 0.6) is 0 Å². The summed E-state index contributed by atoms with van der Waals surface area (Å²) in [5.74, 6) is 0.118. The second-order valence-electron chi connectivity index (χ2n) is 3.09. The maximum absolute atomic E-state index is 10.6. The van der Waals surface area contributed by atoms with Gasteiger partial charge in [-0.25, -0.2) is 0 Å². The van der Waals surface area contributed by atoms with E-state index in [1.807, 2.05) is 0 Å². The minimum absolute atomic E-state index is 0.118. The van der Waals surface area contributed by atoms with Gasteiger partial charge in [-0.05, 0) is 12.8 Å². The van der Waals surface area contributed by atoms with Crippen LogP contribution in [0.4, 0.5) is 0 Å². The molecule has 80 valence electrons. The van der Waals surface area contributed by atoms with Crippen molar-refractivity contribution in [2.45, 2.75) is 45.1 Å². The zero-order chi connectivity index (χ0) is 10.1. The van der Waals surface area contributed by atoms with Crippen molar-refractivity contribution in [1.29, 1.82) is 0 Å². The molecule has 0 spiro atoms. The number of amides is 1. The van der Waals surface area contributed by atoms with Crippen LogP contribution in [-0.4, -0.2) is 11.9 Å². The monoisotopic (exact) mass is 522 g/mol. The van der Waals surface area contributed by atoms with Gasteiger partial charge in [0.15, 0.2) is 0 Å². The van der Waals surface area contributed by atoms with Crippen molar-refractivity contribution < 1.29 is 18.0 Å². The predicted molar refractivity (Wildman–Crippen MR) is 68.7 cm³/mol. The van der Waals surface area contributed by atoms with Gasteiger partial charge in [-0.3, -0.25) is 4.79 Å². The Kier molecular flexibility index (Phi) is 11.5. The first-order valence-electron chi connectivity index (χ1n) is 4.35. The Morgan fingerprint density at radius 2 is 1.77 bits per heavy atom. The number of hydrogen-bond acceptors (Lipinski definition) is 1. The molecule has 1 aliphatic rings. The standard InChI is InChI=1S/C8H15NO.I3/c1-7(10)9-8-5-3-2-4-6-8;1-3-2/h8H,2-6H2,1H3,(H,9,10);/q;-1. The van der Waals surface area contributed by atoms with Gasteiger partial charge in [0.25, 0.3) is 0 Å². The van der Waals surface area contributed by atoms with Gasteiger partial charge in [0.1, 0.15) is 0 Å². The SMILES string of the molecule is CC(=O)NC1CCCCC1.I[I-]I. The maximum atomic E-state index is 10.6. The molecule has 0 radical (unpaired) electrons. The van der Waals surface area contributed by atoms with Crippen LogP contribution in [0.25, 0.3) is 0 Å². The topological polar surface area (TPSA) is 29.1 Å². The molecule has 0 heterocycles. The normalized spacial score (nSPS) is 17.5. The molecule has 0 saturated heterocycles. The van der Waals surface area contributed by atoms with Gasteiger partial charge >= 0.3 is 50.5 Å². The summed E-state index contributed by atoms with van der Waals surface area (Å²) in [6, 6.07) is 0.478. The molecule has 0 aromatic heterocycles. The van der Waals surface area contributed by atoms with Crippen LogP contribution in [0, 0.1) is 0 Å². The fraction of sp³-hybridized carbons (Fsp3) is 0.875. The molecule has 1 N–H and O–H groups in total. The molecule has 0 bridgehead atoms. The van der Waals surface area contributed by atoms with Gasteiger partial charge < -0.3 is 5.32 Å². The predicted octanol–water partition coefficient (Wildman–Crippen LogP) is 0.231. The average Bonchev–Trinajstić information content (AvgIpc) is 2.06. The summed E-state index contributed by atoms with van der Waals surface area (Å²) < 4.78 is 0. The Labute approximate surface area is 110 Å². The first kappa shape index (κ1) is 14.7. The Hall–Kier alpha value is 1.66. The van der Waals surface area contributed by atoms with Crippen molar-refractivity contribution in [3.63, 3.8) is 0 Å². The number of nitrogens with one attached hydrogen (secondary N) is 1. The molecule has 13 heavy (non-hydrogen) atoms. The number of hydrogen-bond donors (Lipinski definition) is 1. The molecule has 2 nitrogen and oxygen atoms in total. The Balaban J connectivity index is 0.000000424. The molecule has 1 amide bonds. The average molecular weight is 522 g/mol. The second-order valence-corrected chi connectivity index (χ2v) is 19.3. The molecule has 5 heteroatoms. The van der Waals surface area contributed by atoms with Crippen molar-refractivity contribution in [2.24, 2.45) is 0 Å². The Bertz CT molecular complexity index is 137. The van der Waals surface area contributed by atoms with Crippen LogP contribution in [-0.2, 0) is 4.79 Å². The van der Waals surface area contributed by atoms with Gasteiger partial charge in [0.05, 0.1) is 0 Å². The molecule has 1 rings (SSSR count). The van der Waals surface area contributed by atoms with E-state index in [0.717, 1.165) is 0 Å². The molecule has 0 aromatic carbocycles. The molecular weight excluding hydrogens is 507 g/mol. The number of carbonyl (C=O) groups is 1. The van der Waals surface area contributed by atoms with Crippen LogP contribution in [0.2, 0.25) is 0 Å². The molecule has 0 unspecified atom stereocenters. The van der Waals surface area contributed by atoms with E-state index in [2.05, 4.69) is 42.5 Å². The third kappa shape index (κ3) is 9.95. The zero-order valence-electron chi connectivity index (χ0n) is 7.66. The van der Waals surface area contributed by atoms with E-state index < -0.39 is 0 Å². The fourth-order valence-electron chi connectivity index (χ4n) is 1.53. The number of halogens is 3. The third-order valence-electron chi connectivity index (χ3n) is 2.01. The summed E-state index contributed by atoms with van der Waals surface area (Å²) in [6.45, 7) is 1.59. The summed E-state index contributed by atoms with van der Waals surface area (Å²) >= 11 is 5.30. The number of rotatable bonds is 1. The van der Waals surface area contributed by atoms with E-state index in [4.69, 9.17) is 0 Å². The van der Waals surface area contributed by atoms with Crippen LogP contribution in [0.15, 0.2) is 0 Å². The van der Waals surface area contributed by atoms with Crippen molar-refractivity contribution in [3.8, 4) is 0 Å². The molecular formula is C8H15I3NO-. The van der Waals surface area contributed by atoms with Gasteiger partial charge in [-0.15, -0.1) is 0 Å². The van der Waals surface area contributed by atoms with E-state index in [0.29, 0.717) is 19.3 Å². The first-order valence-corrected chi connectivity index (χ1v) is 16.9. The summed E-state index contributed by atoms with van der Waals surface area (Å²) in [4.78, 5) is 10.6. The molecule has 0 aromatic rings. The van der Waals surface area contributed by atoms with Crippen molar-refractivity contribution in [3.05, 3.63) is 0 Å². The van der Waals surface area contributed by atoms with E-state index in [-0.39, 0.29) is 5.91 Å². The Morgan fingerprint density at radius 1 is 1.31 bits per heavy atom. The van der Waals surface area contributed by atoms with Gasteiger partial charge in [-0.1, -0.05) is 19.3 Å². The second kappa shape index (κ2) is 10.2. The molecule has 1 aliphatic carbocycles. The summed E-state index contributed by atoms with van der Waals surface area (Å²) in [5, 5.41) is 2.94. The zero-order valence-corrected chi connectivity index (χ0v) is 14.1. The summed E-state index contributed by atoms with van der Waals surface area (Å²) in [7, 11) is 0. The molecule has 1 saturated carbocycles. The van der Waals surface area contributed by atoms with E-state index in [9.17, 15) is 4.79 Å². The minimum atomic E-state index is 0.118. The summed E-state index contributed by atoms with van der Waals surface area (Å²) in [5.41, 5.74) is 0. The molecule has 0 aliphatic heterocycles. The fourth-order valence-corrected chi connectivity index (χ4v) is 1.53. The van der Waals surface area contributed by atoms with Crippen molar-refractivity contribution >= 4 is 43.1 Å². The van der Waals surface area contributed by atoms with Crippen LogP contribution < -0.4 is 18.6 Å². The van der Waals surface area contributed by atoms with Crippen molar-refractivity contribution in [2.75, 3.05) is 0 Å². The summed E-state index contributed by atoms with van der Waals surface area (Å²) in [6.07, 6.45) is 6.27. The first-order chi connectivity index (χ1) is 6.20. The van der Waals surface area contributed by atoms with E-state index >= 15 is 0 Å². The molecule has 1 fully saturated rings. The Morgan fingerprint density at radius 3 is 2.15 bits per heavy atom. The van der Waals surface area contributed by atoms with E-state index in [1.54, 1.807) is 6.92 Å². The van der Waals surface area contributed by atoms with Gasteiger partial charge in [0, 0.05) is 13.0 Å². The molecule has 0 atom stereocenters. The van der Waals surface area contributed by atoms with Gasteiger partial charge in [-0.2, -0.15) is 0 Å². The number of carbonyl (C=O) groups excluding carboxylic acids is 1. The van der Waals surface area contributed by atoms with Crippen LogP contribution in [0.1, 0.15) is 39.0 Å². The van der Waals surface area contributed by atoms with Crippen LogP contribution >= 0.6 is 37.2 Å². The third-order valence-corrected chi connectivity index (χ3v) is 2.01.